The number of hydrogen-bond donors (Lipinski definition) is 2. The molecular formula is C31H32N6O9S2. The van der Waals surface area contributed by atoms with Gasteiger partial charge in [-0.05, 0) is 56.2 Å². The second-order valence-corrected chi connectivity index (χ2v) is 11.8. The van der Waals surface area contributed by atoms with Crippen LogP contribution in [0.3, 0.4) is 0 Å². The quantitative estimate of drug-likeness (QED) is 0.0766. The molecule has 0 saturated heterocycles. The zero-order valence-corrected chi connectivity index (χ0v) is 28.1. The molecule has 15 nitrogen and oxygen atoms in total. The number of nitrogens with zero attached hydrogens (tertiary/aromatic N) is 4. The third-order valence-corrected chi connectivity index (χ3v) is 8.78. The monoisotopic (exact) mass is 696 g/mol. The van der Waals surface area contributed by atoms with E-state index >= 15 is 0 Å². The van der Waals surface area contributed by atoms with Gasteiger partial charge in [-0.15, -0.1) is 21.5 Å². The van der Waals surface area contributed by atoms with E-state index in [9.17, 15) is 29.3 Å². The number of methoxy groups -OCH3 is 1. The highest BCUT2D eigenvalue weighted by atomic mass is 32.2. The topological polar surface area (TPSA) is 194 Å². The maximum absolute atomic E-state index is 13.1. The van der Waals surface area contributed by atoms with Gasteiger partial charge in [-0.25, -0.2) is 9.59 Å². The highest BCUT2D eigenvalue weighted by molar-refractivity contribution is 7.99. The summed E-state index contributed by atoms with van der Waals surface area (Å²) in [5.41, 5.74) is 1.50. The van der Waals surface area contributed by atoms with Crippen molar-refractivity contribution in [2.24, 2.45) is 0 Å². The third-order valence-electron chi connectivity index (χ3n) is 6.66. The molecule has 0 saturated carbocycles. The van der Waals surface area contributed by atoms with Crippen LogP contribution in [0.4, 0.5) is 10.7 Å². The lowest BCUT2D eigenvalue weighted by molar-refractivity contribution is -0.384. The van der Waals surface area contributed by atoms with Crippen molar-refractivity contribution in [1.29, 1.82) is 0 Å². The summed E-state index contributed by atoms with van der Waals surface area (Å²) >= 11 is 1.91. The number of benzene rings is 2. The first kappa shape index (κ1) is 35.6. The number of ether oxygens (including phenoxy) is 3. The molecule has 0 aliphatic heterocycles. The van der Waals surface area contributed by atoms with Crippen LogP contribution in [-0.4, -0.2) is 69.5 Å². The molecule has 2 N–H and O–H groups in total. The minimum absolute atomic E-state index is 0.0280. The van der Waals surface area contributed by atoms with Gasteiger partial charge in [0.2, 0.25) is 11.8 Å². The molecule has 48 heavy (non-hydrogen) atoms. The molecule has 2 aromatic carbocycles. The minimum Gasteiger partial charge on any atom is -0.497 e. The molecular weight excluding hydrogens is 665 g/mol. The van der Waals surface area contributed by atoms with Crippen molar-refractivity contribution in [2.75, 3.05) is 31.4 Å². The standard InChI is InChI=1S/C31H32N6O9S2/c1-5-45-29(40)26-18(3)27(30(41)46-6-2)48-28(26)33-25(39)17-47-31-35-34-23(36(31)20-9-11-21(12-10-20)37(42)43)16-32-24(38)15-19-7-13-22(44-4)14-8-19/h7-14H,5-6,15-17H2,1-4H3,(H,32,38)(H,33,39). The maximum Gasteiger partial charge on any atom is 0.348 e. The molecule has 0 fully saturated rings. The molecule has 0 bridgehead atoms. The fourth-order valence-electron chi connectivity index (χ4n) is 4.39. The van der Waals surface area contributed by atoms with E-state index in [2.05, 4.69) is 20.8 Å². The summed E-state index contributed by atoms with van der Waals surface area (Å²) in [6.45, 7) is 5.07. The zero-order chi connectivity index (χ0) is 34.8. The lowest BCUT2D eigenvalue weighted by atomic mass is 10.1. The van der Waals surface area contributed by atoms with E-state index in [1.807, 2.05) is 0 Å². The van der Waals surface area contributed by atoms with E-state index in [-0.39, 0.29) is 64.1 Å². The predicted molar refractivity (Wildman–Crippen MR) is 177 cm³/mol. The Labute approximate surface area is 283 Å². The molecule has 0 radical (unpaired) electrons. The van der Waals surface area contributed by atoms with E-state index < -0.39 is 22.8 Å². The number of esters is 2. The molecule has 0 aliphatic carbocycles. The summed E-state index contributed by atoms with van der Waals surface area (Å²) in [5, 5.41) is 25.5. The Morgan fingerprint density at radius 1 is 0.958 bits per heavy atom. The number of carbonyl (C=O) groups is 4. The van der Waals surface area contributed by atoms with Crippen LogP contribution >= 0.6 is 23.1 Å². The molecule has 0 unspecified atom stereocenters. The summed E-state index contributed by atoms with van der Waals surface area (Å²) in [6.07, 6.45) is 0.102. The van der Waals surface area contributed by atoms with Crippen LogP contribution in [0.1, 0.15) is 50.8 Å². The highest BCUT2D eigenvalue weighted by Gasteiger charge is 2.27. The molecule has 252 valence electrons. The second kappa shape index (κ2) is 16.5. The van der Waals surface area contributed by atoms with Gasteiger partial charge in [0.15, 0.2) is 11.0 Å². The van der Waals surface area contributed by atoms with E-state index in [1.54, 1.807) is 56.7 Å². The summed E-state index contributed by atoms with van der Waals surface area (Å²) in [6, 6.07) is 12.7. The van der Waals surface area contributed by atoms with E-state index in [0.717, 1.165) is 28.7 Å². The Hall–Kier alpha value is -5.29. The molecule has 2 heterocycles. The van der Waals surface area contributed by atoms with Crippen LogP contribution in [0.5, 0.6) is 5.75 Å². The number of hydrogen-bond acceptors (Lipinski definition) is 13. The Bertz CT molecular complexity index is 1800. The summed E-state index contributed by atoms with van der Waals surface area (Å²) in [7, 11) is 1.55. The van der Waals surface area contributed by atoms with E-state index in [1.165, 1.54) is 24.3 Å². The van der Waals surface area contributed by atoms with Gasteiger partial charge in [0.25, 0.3) is 5.69 Å². The first-order chi connectivity index (χ1) is 23.1. The molecule has 0 spiro atoms. The van der Waals surface area contributed by atoms with Crippen LogP contribution in [0, 0.1) is 17.0 Å². The number of nitro benzene ring substituents is 1. The normalized spacial score (nSPS) is 10.7. The lowest BCUT2D eigenvalue weighted by Gasteiger charge is -2.11. The molecule has 17 heteroatoms. The molecule has 2 amide bonds. The number of rotatable bonds is 15. The van der Waals surface area contributed by atoms with Gasteiger partial charge in [0.05, 0.1) is 49.5 Å². The van der Waals surface area contributed by atoms with Crippen LogP contribution in [0.2, 0.25) is 0 Å². The van der Waals surface area contributed by atoms with Gasteiger partial charge >= 0.3 is 11.9 Å². The van der Waals surface area contributed by atoms with Crippen molar-refractivity contribution >= 4 is 57.5 Å². The van der Waals surface area contributed by atoms with Gasteiger partial charge in [-0.1, -0.05) is 23.9 Å². The number of amides is 2. The summed E-state index contributed by atoms with van der Waals surface area (Å²) in [5.74, 6) is -1.33. The Morgan fingerprint density at radius 3 is 2.25 bits per heavy atom. The zero-order valence-electron chi connectivity index (χ0n) is 26.4. The fraction of sp³-hybridized carbons (Fsp3) is 0.290. The van der Waals surface area contributed by atoms with Gasteiger partial charge < -0.3 is 24.8 Å². The molecule has 2 aromatic heterocycles. The van der Waals surface area contributed by atoms with E-state index in [4.69, 9.17) is 14.2 Å². The minimum atomic E-state index is -0.693. The Morgan fingerprint density at radius 2 is 1.62 bits per heavy atom. The van der Waals surface area contributed by atoms with Crippen molar-refractivity contribution in [3.63, 3.8) is 0 Å². The number of thioether (sulfide) groups is 1. The smallest absolute Gasteiger partial charge is 0.348 e. The fourth-order valence-corrected chi connectivity index (χ4v) is 6.27. The number of thiophene rings is 1. The van der Waals surface area contributed by atoms with Crippen molar-refractivity contribution in [1.82, 2.24) is 20.1 Å². The molecule has 0 aliphatic rings. The average Bonchev–Trinajstić information content (AvgIpc) is 3.63. The summed E-state index contributed by atoms with van der Waals surface area (Å²) < 4.78 is 17.0. The average molecular weight is 697 g/mol. The first-order valence-corrected chi connectivity index (χ1v) is 16.3. The molecule has 4 rings (SSSR count). The number of aromatic nitrogens is 3. The molecule has 4 aromatic rings. The highest BCUT2D eigenvalue weighted by Crippen LogP contribution is 2.35. The van der Waals surface area contributed by atoms with Gasteiger partial charge in [0, 0.05) is 17.8 Å². The van der Waals surface area contributed by atoms with Crippen LogP contribution < -0.4 is 15.4 Å². The Balaban J connectivity index is 1.53. The third kappa shape index (κ3) is 8.74. The van der Waals surface area contributed by atoms with Gasteiger partial charge in [-0.3, -0.25) is 24.3 Å². The van der Waals surface area contributed by atoms with Crippen molar-refractivity contribution in [2.45, 2.75) is 38.9 Å². The number of anilines is 1. The van der Waals surface area contributed by atoms with Crippen LogP contribution in [0.15, 0.2) is 53.7 Å². The number of non-ortho nitro benzene ring substituents is 1. The number of nitro groups is 1. The predicted octanol–water partition coefficient (Wildman–Crippen LogP) is 4.50. The first-order valence-electron chi connectivity index (χ1n) is 14.5. The number of nitrogens with one attached hydrogen (secondary N) is 2. The number of carbonyl (C=O) groups excluding carboxylic acids is 4. The van der Waals surface area contributed by atoms with Crippen LogP contribution in [-0.2, 0) is 32.0 Å². The largest absolute Gasteiger partial charge is 0.497 e. The van der Waals surface area contributed by atoms with Gasteiger partial charge in [0.1, 0.15) is 15.6 Å². The molecule has 0 atom stereocenters. The maximum atomic E-state index is 13.1. The van der Waals surface area contributed by atoms with Crippen molar-refractivity contribution in [3.8, 4) is 11.4 Å². The Kier molecular flexibility index (Phi) is 12.2. The van der Waals surface area contributed by atoms with Crippen LogP contribution in [0.25, 0.3) is 5.69 Å². The van der Waals surface area contributed by atoms with Crippen molar-refractivity contribution < 1.29 is 38.3 Å². The van der Waals surface area contributed by atoms with Crippen molar-refractivity contribution in [3.05, 3.63) is 86.0 Å². The lowest BCUT2D eigenvalue weighted by Crippen LogP contribution is -2.26. The summed E-state index contributed by atoms with van der Waals surface area (Å²) in [4.78, 5) is 62.0. The van der Waals surface area contributed by atoms with E-state index in [0.29, 0.717) is 22.8 Å². The second-order valence-electron chi connectivity index (χ2n) is 9.85. The van der Waals surface area contributed by atoms with Gasteiger partial charge in [-0.2, -0.15) is 0 Å². The SMILES string of the molecule is CCOC(=O)c1sc(NC(=O)CSc2nnc(CNC(=O)Cc3ccc(OC)cc3)n2-c2ccc([N+](=O)[O-])cc2)c(C(=O)OCC)c1C.